The van der Waals surface area contributed by atoms with E-state index in [9.17, 15) is 19.5 Å². The van der Waals surface area contributed by atoms with Crippen molar-refractivity contribution in [3.05, 3.63) is 53.6 Å². The van der Waals surface area contributed by atoms with Crippen molar-refractivity contribution < 1.29 is 24.2 Å². The van der Waals surface area contributed by atoms with Gasteiger partial charge in [-0.1, -0.05) is 55.0 Å². The molecule has 36 heavy (non-hydrogen) atoms. The molecule has 4 aliphatic heterocycles. The molecule has 1 spiro atoms. The largest absolute Gasteiger partial charge is 0.396 e. The van der Waals surface area contributed by atoms with Gasteiger partial charge in [-0.2, -0.15) is 0 Å². The van der Waals surface area contributed by atoms with E-state index in [1.54, 1.807) is 39.9 Å². The number of hydrogen-bond acceptors (Lipinski definition) is 5. The smallest absolute Gasteiger partial charge is 0.253 e. The molecule has 1 aromatic rings. The molecule has 0 bridgehead atoms. The van der Waals surface area contributed by atoms with Crippen LogP contribution in [-0.2, 0) is 19.1 Å². The van der Waals surface area contributed by atoms with E-state index in [0.29, 0.717) is 36.5 Å². The highest BCUT2D eigenvalue weighted by Gasteiger charge is 2.75. The molecule has 5 atom stereocenters. The minimum atomic E-state index is -1.29. The lowest BCUT2D eigenvalue weighted by Gasteiger charge is -2.38. The van der Waals surface area contributed by atoms with Gasteiger partial charge in [0.15, 0.2) is 0 Å². The molecule has 2 fully saturated rings. The monoisotopic (exact) mass is 513 g/mol. The van der Waals surface area contributed by atoms with Crippen LogP contribution in [0.4, 0.5) is 5.69 Å². The van der Waals surface area contributed by atoms with Gasteiger partial charge >= 0.3 is 0 Å². The summed E-state index contributed by atoms with van der Waals surface area (Å²) in [7, 11) is 1.73. The number of likely N-dealkylation sites (N-methyl/N-ethyl adjacent to an activating group) is 1. The minimum absolute atomic E-state index is 0.00693. The van der Waals surface area contributed by atoms with Gasteiger partial charge in [-0.25, -0.2) is 0 Å². The number of carbonyl (C=O) groups is 3. The molecule has 0 aliphatic carbocycles. The fraction of sp³-hybridized carbons (Fsp3) is 0.519. The van der Waals surface area contributed by atoms with Crippen LogP contribution in [0.5, 0.6) is 0 Å². The third kappa shape index (κ3) is 3.53. The fourth-order valence-electron chi connectivity index (χ4n) is 6.40. The Kier molecular flexibility index (Phi) is 6.47. The molecule has 4 aliphatic rings. The maximum atomic E-state index is 14.3. The van der Waals surface area contributed by atoms with Gasteiger partial charge in [-0.05, 0) is 31.4 Å². The minimum Gasteiger partial charge on any atom is -0.396 e. The molecule has 2 saturated heterocycles. The maximum absolute atomic E-state index is 14.3. The molecule has 192 valence electrons. The van der Waals surface area contributed by atoms with E-state index in [0.717, 1.165) is 0 Å². The highest BCUT2D eigenvalue weighted by atomic mass is 35.5. The van der Waals surface area contributed by atoms with Crippen molar-refractivity contribution in [3.8, 4) is 0 Å². The number of fused-ring (bicyclic) bond motifs is 2. The summed E-state index contributed by atoms with van der Waals surface area (Å²) in [6.45, 7) is 2.93. The number of anilines is 1. The summed E-state index contributed by atoms with van der Waals surface area (Å²) in [5, 5.41) is 9.78. The van der Waals surface area contributed by atoms with Gasteiger partial charge in [0.2, 0.25) is 11.8 Å². The van der Waals surface area contributed by atoms with Gasteiger partial charge in [0, 0.05) is 33.3 Å². The quantitative estimate of drug-likeness (QED) is 0.466. The van der Waals surface area contributed by atoms with Gasteiger partial charge < -0.3 is 24.5 Å². The molecular formula is C27H32ClN3O5. The molecule has 3 amide bonds. The molecule has 4 heterocycles. The summed E-state index contributed by atoms with van der Waals surface area (Å²) in [6, 6.07) is 6.17. The third-order valence-electron chi connectivity index (χ3n) is 8.09. The number of ether oxygens (including phenoxy) is 1. The summed E-state index contributed by atoms with van der Waals surface area (Å²) >= 11 is 6.48. The normalized spacial score (nSPS) is 33.5. The van der Waals surface area contributed by atoms with Crippen LogP contribution >= 0.6 is 11.6 Å². The molecule has 5 rings (SSSR count). The Hall–Kier alpha value is -2.68. The highest BCUT2D eigenvalue weighted by Crippen LogP contribution is 2.58. The van der Waals surface area contributed by atoms with Gasteiger partial charge in [-0.15, -0.1) is 0 Å². The third-order valence-corrected chi connectivity index (χ3v) is 8.41. The van der Waals surface area contributed by atoms with Crippen LogP contribution in [0.3, 0.4) is 0 Å². The number of likely N-dealkylation sites (tertiary alicyclic amines) is 1. The number of carbonyl (C=O) groups excluding carboxylic acids is 3. The summed E-state index contributed by atoms with van der Waals surface area (Å²) in [5.41, 5.74) is -1.71. The van der Waals surface area contributed by atoms with Crippen molar-refractivity contribution in [1.29, 1.82) is 0 Å². The number of hydrogen-bond donors (Lipinski definition) is 1. The lowest BCUT2D eigenvalue weighted by molar-refractivity contribution is -0.149. The molecular weight excluding hydrogens is 482 g/mol. The van der Waals surface area contributed by atoms with Crippen molar-refractivity contribution in [1.82, 2.24) is 9.80 Å². The van der Waals surface area contributed by atoms with Crippen molar-refractivity contribution in [3.63, 3.8) is 0 Å². The number of unbranched alkanes of at least 4 members (excludes halogenated alkanes) is 1. The molecule has 1 unspecified atom stereocenters. The zero-order valence-corrected chi connectivity index (χ0v) is 21.4. The Labute approximate surface area is 216 Å². The number of rotatable bonds is 6. The summed E-state index contributed by atoms with van der Waals surface area (Å²) < 4.78 is 6.87. The van der Waals surface area contributed by atoms with Crippen molar-refractivity contribution in [2.24, 2.45) is 11.8 Å². The van der Waals surface area contributed by atoms with Crippen molar-refractivity contribution >= 4 is 35.0 Å². The first-order valence-corrected chi connectivity index (χ1v) is 13.0. The lowest BCUT2D eigenvalue weighted by Crippen LogP contribution is -2.56. The standard InChI is InChI=1S/C27H32ClN3O5/c1-3-26-12-8-14-29(2)23(33)20(26)21-24(34)31(15-6-7-17-32)22-25(35)30(16-9-13-27(21,22)36-26)19-11-5-4-10-18(19)28/h4-5,8-13,20-22,32H,3,6-7,14-17H2,1-2H3/t20-,21-,22?,26+,27-/m0/s1. The van der Waals surface area contributed by atoms with E-state index in [2.05, 4.69) is 0 Å². The first kappa shape index (κ1) is 25.0. The number of halogens is 1. The van der Waals surface area contributed by atoms with Crippen LogP contribution in [0.2, 0.25) is 5.02 Å². The zero-order valence-electron chi connectivity index (χ0n) is 20.6. The van der Waals surface area contributed by atoms with E-state index in [-0.39, 0.29) is 37.4 Å². The summed E-state index contributed by atoms with van der Waals surface area (Å²) in [4.78, 5) is 46.9. The Balaban J connectivity index is 1.66. The van der Waals surface area contributed by atoms with Crippen LogP contribution in [-0.4, -0.2) is 83.2 Å². The second-order valence-corrected chi connectivity index (χ2v) is 10.4. The molecule has 0 saturated carbocycles. The number of para-hydroxylation sites is 1. The number of amides is 3. The zero-order chi connectivity index (χ0) is 25.7. The lowest BCUT2D eigenvalue weighted by atomic mass is 9.73. The molecule has 0 radical (unpaired) electrons. The van der Waals surface area contributed by atoms with Gasteiger partial charge in [0.1, 0.15) is 11.6 Å². The SMILES string of the molecule is CC[C@@]12C=CCN(C)C(=O)[C@@H]1[C@H]1C(=O)N(CCCCO)C3C(=O)N(c4ccccc4Cl)CC=C[C@@]31O2. The van der Waals surface area contributed by atoms with Crippen LogP contribution in [0.25, 0.3) is 0 Å². The van der Waals surface area contributed by atoms with Crippen LogP contribution in [0.15, 0.2) is 48.6 Å². The Morgan fingerprint density at radius 3 is 2.50 bits per heavy atom. The average Bonchev–Trinajstić information content (AvgIpc) is 3.16. The van der Waals surface area contributed by atoms with Crippen LogP contribution in [0, 0.1) is 11.8 Å². The van der Waals surface area contributed by atoms with E-state index in [1.165, 1.54) is 0 Å². The first-order valence-electron chi connectivity index (χ1n) is 12.6. The average molecular weight is 514 g/mol. The van der Waals surface area contributed by atoms with Crippen molar-refractivity contribution in [2.45, 2.75) is 43.4 Å². The molecule has 9 heteroatoms. The summed E-state index contributed by atoms with van der Waals surface area (Å²) in [5.74, 6) is -2.27. The highest BCUT2D eigenvalue weighted by molar-refractivity contribution is 6.34. The van der Waals surface area contributed by atoms with E-state index < -0.39 is 29.1 Å². The van der Waals surface area contributed by atoms with Gasteiger partial charge in [-0.3, -0.25) is 14.4 Å². The van der Waals surface area contributed by atoms with Crippen LogP contribution in [0.1, 0.15) is 26.2 Å². The van der Waals surface area contributed by atoms with Crippen LogP contribution < -0.4 is 4.90 Å². The van der Waals surface area contributed by atoms with E-state index in [4.69, 9.17) is 16.3 Å². The van der Waals surface area contributed by atoms with E-state index >= 15 is 0 Å². The second kappa shape index (κ2) is 9.32. The molecule has 1 aromatic carbocycles. The number of benzene rings is 1. The predicted molar refractivity (Wildman–Crippen MR) is 135 cm³/mol. The molecule has 1 N–H and O–H groups in total. The van der Waals surface area contributed by atoms with Gasteiger partial charge in [0.05, 0.1) is 28.1 Å². The fourth-order valence-corrected chi connectivity index (χ4v) is 6.64. The maximum Gasteiger partial charge on any atom is 0.253 e. The molecule has 0 aromatic heterocycles. The Bertz CT molecular complexity index is 1140. The van der Waals surface area contributed by atoms with E-state index in [1.807, 2.05) is 37.3 Å². The Morgan fingerprint density at radius 2 is 1.78 bits per heavy atom. The number of aliphatic hydroxyl groups is 1. The molecule has 8 nitrogen and oxygen atoms in total. The summed E-state index contributed by atoms with van der Waals surface area (Å²) in [6.07, 6.45) is 9.05. The Morgan fingerprint density at radius 1 is 1.03 bits per heavy atom. The predicted octanol–water partition coefficient (Wildman–Crippen LogP) is 2.40. The number of nitrogens with zero attached hydrogens (tertiary/aromatic N) is 3. The topological polar surface area (TPSA) is 90.4 Å². The first-order chi connectivity index (χ1) is 17.3. The second-order valence-electron chi connectivity index (χ2n) is 10.0. The van der Waals surface area contributed by atoms with Crippen molar-refractivity contribution in [2.75, 3.05) is 38.2 Å². The van der Waals surface area contributed by atoms with Gasteiger partial charge in [0.25, 0.3) is 5.91 Å². The number of aliphatic hydroxyl groups excluding tert-OH is 1.